The highest BCUT2D eigenvalue weighted by atomic mass is 79.9. The number of carbonyl (C=O) groups excluding carboxylic acids is 2. The van der Waals surface area contributed by atoms with Gasteiger partial charge in [0.15, 0.2) is 0 Å². The molecule has 5 nitrogen and oxygen atoms in total. The van der Waals surface area contributed by atoms with E-state index in [1.165, 1.54) is 4.90 Å². The number of benzene rings is 2. The first kappa shape index (κ1) is 19.5. The van der Waals surface area contributed by atoms with Gasteiger partial charge in [0.2, 0.25) is 0 Å². The molecule has 1 atom stereocenters. The molecule has 7 heteroatoms. The van der Waals surface area contributed by atoms with E-state index in [1.807, 2.05) is 24.3 Å². The average Bonchev–Trinajstić information content (AvgIpc) is 3.00. The summed E-state index contributed by atoms with van der Waals surface area (Å²) in [4.78, 5) is 31.5. The number of amides is 1. The number of aliphatic hydroxyl groups excluding tert-OH is 1. The van der Waals surface area contributed by atoms with E-state index in [4.69, 9.17) is 0 Å². The summed E-state index contributed by atoms with van der Waals surface area (Å²) >= 11 is 6.75. The molecule has 4 rings (SSSR count). The molecule has 1 saturated heterocycles. The molecule has 0 spiro atoms. The monoisotopic (exact) mass is 512 g/mol. The van der Waals surface area contributed by atoms with Gasteiger partial charge in [0.05, 0.1) is 11.6 Å². The molecule has 1 aliphatic heterocycles. The number of aromatic nitrogens is 1. The van der Waals surface area contributed by atoms with Crippen LogP contribution < -0.4 is 4.90 Å². The fraction of sp³-hybridized carbons (Fsp3) is 0.0455. The quantitative estimate of drug-likeness (QED) is 0.295. The highest BCUT2D eigenvalue weighted by molar-refractivity contribution is 9.10. The molecule has 0 bridgehead atoms. The largest absolute Gasteiger partial charge is 0.507 e. The smallest absolute Gasteiger partial charge is 0.301 e. The Labute approximate surface area is 184 Å². The summed E-state index contributed by atoms with van der Waals surface area (Å²) in [5, 5.41) is 11.0. The molecular weight excluding hydrogens is 500 g/mol. The molecule has 0 aliphatic carbocycles. The van der Waals surface area contributed by atoms with Crippen molar-refractivity contribution < 1.29 is 14.7 Å². The average molecular weight is 514 g/mol. The number of ketones is 1. The van der Waals surface area contributed by atoms with Gasteiger partial charge in [-0.2, -0.15) is 0 Å². The van der Waals surface area contributed by atoms with Crippen LogP contribution in [-0.2, 0) is 9.59 Å². The maximum absolute atomic E-state index is 13.0. The predicted molar refractivity (Wildman–Crippen MR) is 117 cm³/mol. The van der Waals surface area contributed by atoms with Crippen molar-refractivity contribution in [3.8, 4) is 0 Å². The van der Waals surface area contributed by atoms with Crippen molar-refractivity contribution in [2.24, 2.45) is 0 Å². The number of aliphatic hydroxyl groups is 1. The molecule has 2 heterocycles. The number of pyridine rings is 1. The third kappa shape index (κ3) is 3.63. The summed E-state index contributed by atoms with van der Waals surface area (Å²) in [7, 11) is 0. The van der Waals surface area contributed by atoms with Gasteiger partial charge in [0.1, 0.15) is 11.6 Å². The number of halogens is 2. The van der Waals surface area contributed by atoms with Gasteiger partial charge in [0, 0.05) is 20.7 Å². The van der Waals surface area contributed by atoms with Crippen molar-refractivity contribution in [2.45, 2.75) is 6.04 Å². The first-order valence-electron chi connectivity index (χ1n) is 8.71. The van der Waals surface area contributed by atoms with E-state index < -0.39 is 17.7 Å². The third-order valence-electron chi connectivity index (χ3n) is 4.64. The van der Waals surface area contributed by atoms with Crippen molar-refractivity contribution in [3.05, 3.63) is 98.6 Å². The summed E-state index contributed by atoms with van der Waals surface area (Å²) < 4.78 is 1.70. The Bertz CT molecular complexity index is 1110. The lowest BCUT2D eigenvalue weighted by Gasteiger charge is -2.24. The SMILES string of the molecule is O=C1C(=O)N(c2ccccn2)C(c2ccc(Br)cc2)C1=C(O)c1ccc(Br)cc1. The standard InChI is InChI=1S/C22H14Br2N2O3/c23-15-8-4-13(5-9-15)19-18(20(27)14-6-10-16(24)11-7-14)21(28)22(29)26(19)17-3-1-2-12-25-17/h1-12,19,27H. The minimum atomic E-state index is -0.790. The van der Waals surface area contributed by atoms with Crippen LogP contribution in [0.1, 0.15) is 17.2 Å². The number of hydrogen-bond acceptors (Lipinski definition) is 4. The summed E-state index contributed by atoms with van der Waals surface area (Å²) in [6, 6.07) is 18.5. The van der Waals surface area contributed by atoms with Gasteiger partial charge in [-0.3, -0.25) is 14.5 Å². The van der Waals surface area contributed by atoms with Crippen molar-refractivity contribution in [1.82, 2.24) is 4.98 Å². The number of anilines is 1. The van der Waals surface area contributed by atoms with E-state index in [-0.39, 0.29) is 11.3 Å². The first-order valence-corrected chi connectivity index (χ1v) is 10.3. The number of hydrogen-bond donors (Lipinski definition) is 1. The minimum absolute atomic E-state index is 0.0327. The molecule has 0 saturated carbocycles. The normalized spacial score (nSPS) is 18.3. The summed E-state index contributed by atoms with van der Waals surface area (Å²) in [6.45, 7) is 0. The van der Waals surface area contributed by atoms with Crippen LogP contribution in [0.25, 0.3) is 5.76 Å². The second-order valence-electron chi connectivity index (χ2n) is 6.42. The Morgan fingerprint density at radius 3 is 2.10 bits per heavy atom. The number of Topliss-reactive ketones (excluding diaryl/α,β-unsaturated/α-hetero) is 1. The molecule has 1 aromatic heterocycles. The fourth-order valence-electron chi connectivity index (χ4n) is 3.29. The second-order valence-corrected chi connectivity index (χ2v) is 8.25. The van der Waals surface area contributed by atoms with Crippen molar-refractivity contribution in [1.29, 1.82) is 0 Å². The Balaban J connectivity index is 1.94. The van der Waals surface area contributed by atoms with Gasteiger partial charge in [-0.1, -0.05) is 62.2 Å². The summed E-state index contributed by atoms with van der Waals surface area (Å²) in [5.74, 6) is -1.35. The fourth-order valence-corrected chi connectivity index (χ4v) is 3.82. The first-order chi connectivity index (χ1) is 14.0. The van der Waals surface area contributed by atoms with Gasteiger partial charge < -0.3 is 5.11 Å². The Morgan fingerprint density at radius 2 is 1.52 bits per heavy atom. The maximum Gasteiger partial charge on any atom is 0.301 e. The van der Waals surface area contributed by atoms with Gasteiger partial charge in [0.25, 0.3) is 5.78 Å². The zero-order chi connectivity index (χ0) is 20.5. The Hall–Kier alpha value is -2.77. The van der Waals surface area contributed by atoms with E-state index in [9.17, 15) is 14.7 Å². The van der Waals surface area contributed by atoms with Crippen LogP contribution in [-0.4, -0.2) is 21.8 Å². The topological polar surface area (TPSA) is 70.5 Å². The van der Waals surface area contributed by atoms with Crippen LogP contribution in [0.3, 0.4) is 0 Å². The van der Waals surface area contributed by atoms with Crippen LogP contribution in [0.15, 0.2) is 87.4 Å². The number of rotatable bonds is 3. The van der Waals surface area contributed by atoms with Gasteiger partial charge in [-0.05, 0) is 42.0 Å². The molecule has 1 N–H and O–H groups in total. The lowest BCUT2D eigenvalue weighted by Crippen LogP contribution is -2.30. The highest BCUT2D eigenvalue weighted by Gasteiger charge is 2.47. The molecule has 1 amide bonds. The molecule has 3 aromatic rings. The second kappa shape index (κ2) is 7.93. The molecule has 1 aliphatic rings. The van der Waals surface area contributed by atoms with E-state index in [0.29, 0.717) is 16.9 Å². The third-order valence-corrected chi connectivity index (χ3v) is 5.70. The summed E-state index contributed by atoms with van der Waals surface area (Å²) in [6.07, 6.45) is 1.56. The zero-order valence-corrected chi connectivity index (χ0v) is 18.1. The predicted octanol–water partition coefficient (Wildman–Crippen LogP) is 5.23. The van der Waals surface area contributed by atoms with Crippen LogP contribution in [0.2, 0.25) is 0 Å². The minimum Gasteiger partial charge on any atom is -0.507 e. The molecule has 144 valence electrons. The van der Waals surface area contributed by atoms with Gasteiger partial charge >= 0.3 is 5.91 Å². The Kier molecular flexibility index (Phi) is 5.34. The molecule has 1 fully saturated rings. The van der Waals surface area contributed by atoms with E-state index in [0.717, 1.165) is 8.95 Å². The van der Waals surface area contributed by atoms with Crippen LogP contribution in [0, 0.1) is 0 Å². The molecule has 2 aromatic carbocycles. The van der Waals surface area contributed by atoms with E-state index in [1.54, 1.807) is 48.7 Å². The number of carbonyl (C=O) groups is 2. The highest BCUT2D eigenvalue weighted by Crippen LogP contribution is 2.41. The van der Waals surface area contributed by atoms with Crippen molar-refractivity contribution in [3.63, 3.8) is 0 Å². The molecule has 1 unspecified atom stereocenters. The van der Waals surface area contributed by atoms with Crippen LogP contribution in [0.4, 0.5) is 5.82 Å². The Morgan fingerprint density at radius 1 is 0.897 bits per heavy atom. The molecular formula is C22H14Br2N2O3. The molecule has 0 radical (unpaired) electrons. The van der Waals surface area contributed by atoms with Crippen LogP contribution in [0.5, 0.6) is 0 Å². The zero-order valence-electron chi connectivity index (χ0n) is 14.9. The van der Waals surface area contributed by atoms with Crippen molar-refractivity contribution >= 4 is 55.1 Å². The maximum atomic E-state index is 13.0. The van der Waals surface area contributed by atoms with Gasteiger partial charge in [-0.25, -0.2) is 4.98 Å². The number of nitrogens with zero attached hydrogens (tertiary/aromatic N) is 2. The van der Waals surface area contributed by atoms with E-state index in [2.05, 4.69) is 36.8 Å². The van der Waals surface area contributed by atoms with E-state index >= 15 is 0 Å². The van der Waals surface area contributed by atoms with Gasteiger partial charge in [-0.15, -0.1) is 0 Å². The lowest BCUT2D eigenvalue weighted by atomic mass is 9.95. The van der Waals surface area contributed by atoms with Crippen molar-refractivity contribution in [2.75, 3.05) is 4.90 Å². The summed E-state index contributed by atoms with van der Waals surface area (Å²) in [5.41, 5.74) is 1.18. The van der Waals surface area contributed by atoms with Crippen LogP contribution >= 0.6 is 31.9 Å². The molecule has 29 heavy (non-hydrogen) atoms. The lowest BCUT2D eigenvalue weighted by molar-refractivity contribution is -0.132.